The molecular weight excluding hydrogens is 431 g/mol. The summed E-state index contributed by atoms with van der Waals surface area (Å²) in [7, 11) is 3.33. The van der Waals surface area contributed by atoms with Crippen molar-refractivity contribution in [1.82, 2.24) is 5.43 Å². The number of rotatable bonds is 8. The van der Waals surface area contributed by atoms with E-state index in [2.05, 4.69) is 15.8 Å². The van der Waals surface area contributed by atoms with Gasteiger partial charge in [0.1, 0.15) is 5.69 Å². The first-order chi connectivity index (χ1) is 15.0. The quantitative estimate of drug-likeness (QED) is 0.362. The Bertz CT molecular complexity index is 1040. The number of carbonyl (C=O) groups excluding carboxylic acids is 2. The van der Waals surface area contributed by atoms with Crippen LogP contribution in [-0.4, -0.2) is 37.0 Å². The van der Waals surface area contributed by atoms with Crippen molar-refractivity contribution in [3.8, 4) is 0 Å². The third-order valence-electron chi connectivity index (χ3n) is 4.13. The molecule has 0 saturated carbocycles. The molecule has 0 aromatic heterocycles. The maximum atomic E-state index is 12.7. The summed E-state index contributed by atoms with van der Waals surface area (Å²) in [5.74, 6) is -1.25. The zero-order chi connectivity index (χ0) is 23.9. The second kappa shape index (κ2) is 10.4. The van der Waals surface area contributed by atoms with Crippen molar-refractivity contribution in [2.75, 3.05) is 24.3 Å². The van der Waals surface area contributed by atoms with E-state index in [4.69, 9.17) is 0 Å². The highest BCUT2D eigenvalue weighted by Gasteiger charge is 2.30. The average molecular weight is 451 g/mol. The molecule has 2 aromatic rings. The molecule has 2 N–H and O–H groups in total. The Morgan fingerprint density at radius 2 is 1.81 bits per heavy atom. The van der Waals surface area contributed by atoms with Crippen LogP contribution < -0.4 is 15.6 Å². The molecule has 2 amide bonds. The van der Waals surface area contributed by atoms with E-state index in [1.807, 2.05) is 0 Å². The van der Waals surface area contributed by atoms with Gasteiger partial charge in [-0.3, -0.25) is 19.7 Å². The number of hydrogen-bond acceptors (Lipinski definition) is 6. The highest BCUT2D eigenvalue weighted by Crippen LogP contribution is 2.30. The summed E-state index contributed by atoms with van der Waals surface area (Å²) in [6.45, 7) is 0. The fourth-order valence-corrected chi connectivity index (χ4v) is 2.60. The smallest absolute Gasteiger partial charge is 0.372 e. The summed E-state index contributed by atoms with van der Waals surface area (Å²) >= 11 is 0. The van der Waals surface area contributed by atoms with Gasteiger partial charge in [0, 0.05) is 44.3 Å². The maximum Gasteiger partial charge on any atom is 0.416 e. The lowest BCUT2D eigenvalue weighted by Gasteiger charge is -2.12. The summed E-state index contributed by atoms with van der Waals surface area (Å²) in [4.78, 5) is 35.9. The molecule has 2 rings (SSSR count). The topological polar surface area (TPSA) is 117 Å². The Balaban J connectivity index is 1.87. The minimum atomic E-state index is -4.54. The molecule has 0 radical (unpaired) electrons. The predicted octanol–water partition coefficient (Wildman–Crippen LogP) is 3.55. The Hall–Kier alpha value is -3.96. The summed E-state index contributed by atoms with van der Waals surface area (Å²) in [5.41, 5.74) is 1.91. The van der Waals surface area contributed by atoms with Crippen LogP contribution >= 0.6 is 0 Å². The van der Waals surface area contributed by atoms with Crippen LogP contribution in [0.25, 0.3) is 0 Å². The third kappa shape index (κ3) is 7.07. The molecule has 0 aliphatic carbocycles. The van der Waals surface area contributed by atoms with Crippen LogP contribution in [0.1, 0.15) is 24.0 Å². The number of anilines is 2. The van der Waals surface area contributed by atoms with Gasteiger partial charge < -0.3 is 10.2 Å². The van der Waals surface area contributed by atoms with Gasteiger partial charge in [0.05, 0.1) is 16.7 Å². The molecule has 0 aliphatic heterocycles. The average Bonchev–Trinajstić information content (AvgIpc) is 2.71. The minimum absolute atomic E-state index is 0.0361. The predicted molar refractivity (Wildman–Crippen MR) is 112 cm³/mol. The van der Waals surface area contributed by atoms with Gasteiger partial charge >= 0.3 is 6.18 Å². The van der Waals surface area contributed by atoms with Crippen LogP contribution in [0.15, 0.2) is 47.6 Å². The lowest BCUT2D eigenvalue weighted by Crippen LogP contribution is -2.20. The molecule has 0 aliphatic rings. The van der Waals surface area contributed by atoms with Gasteiger partial charge in [-0.05, 0) is 24.3 Å². The molecule has 12 heteroatoms. The minimum Gasteiger partial charge on any atom is -0.372 e. The summed E-state index contributed by atoms with van der Waals surface area (Å²) < 4.78 is 38.1. The van der Waals surface area contributed by atoms with E-state index in [0.717, 1.165) is 18.2 Å². The number of nitrogens with one attached hydrogen (secondary N) is 2. The Morgan fingerprint density at radius 3 is 2.44 bits per heavy atom. The first kappa shape index (κ1) is 24.3. The van der Waals surface area contributed by atoms with Gasteiger partial charge in [0.25, 0.3) is 5.69 Å². The number of nitro benzene ring substituents is 1. The van der Waals surface area contributed by atoms with E-state index >= 15 is 0 Å². The highest BCUT2D eigenvalue weighted by molar-refractivity contribution is 5.93. The van der Waals surface area contributed by atoms with Crippen molar-refractivity contribution >= 4 is 35.1 Å². The number of benzene rings is 2. The summed E-state index contributed by atoms with van der Waals surface area (Å²) in [6, 6.07) is 8.56. The normalized spacial score (nSPS) is 11.3. The van der Waals surface area contributed by atoms with Gasteiger partial charge in [-0.15, -0.1) is 0 Å². The molecule has 0 unspecified atom stereocenters. The molecule has 0 bridgehead atoms. The van der Waals surface area contributed by atoms with E-state index < -0.39 is 28.5 Å². The number of hydrazone groups is 1. The number of alkyl halides is 3. The zero-order valence-electron chi connectivity index (χ0n) is 17.1. The molecule has 9 nitrogen and oxygen atoms in total. The van der Waals surface area contributed by atoms with Crippen LogP contribution in [0.4, 0.5) is 30.2 Å². The molecule has 2 aromatic carbocycles. The van der Waals surface area contributed by atoms with Crippen LogP contribution in [-0.2, 0) is 15.8 Å². The van der Waals surface area contributed by atoms with Crippen LogP contribution in [0, 0.1) is 10.1 Å². The van der Waals surface area contributed by atoms with Crippen molar-refractivity contribution in [3.05, 3.63) is 63.7 Å². The lowest BCUT2D eigenvalue weighted by atomic mass is 10.2. The molecular formula is C20H20F3N5O4. The summed E-state index contributed by atoms with van der Waals surface area (Å²) in [6.07, 6.45) is -3.86. The molecule has 0 spiro atoms. The molecule has 170 valence electrons. The Labute approximate surface area is 181 Å². The Kier molecular flexibility index (Phi) is 7.88. The van der Waals surface area contributed by atoms with E-state index in [1.54, 1.807) is 31.1 Å². The number of nitro groups is 1. The second-order valence-electron chi connectivity index (χ2n) is 6.82. The van der Waals surface area contributed by atoms with Crippen molar-refractivity contribution in [3.63, 3.8) is 0 Å². The number of hydrogen-bond donors (Lipinski definition) is 2. The fraction of sp³-hybridized carbons (Fsp3) is 0.250. The third-order valence-corrected chi connectivity index (χ3v) is 4.13. The van der Waals surface area contributed by atoms with Crippen molar-refractivity contribution < 1.29 is 27.7 Å². The van der Waals surface area contributed by atoms with Crippen molar-refractivity contribution in [2.45, 2.75) is 19.0 Å². The van der Waals surface area contributed by atoms with Crippen LogP contribution in [0.3, 0.4) is 0 Å². The standard InChI is InChI=1S/C20H20F3N5O4/c1-27(2)16-7-6-13(10-17(16)28(31)32)12-24-26-19(30)9-8-18(29)25-15-5-3-4-14(11-15)20(21,22)23/h3-7,10-12H,8-9H2,1-2H3,(H,25,29)(H,26,30). The van der Waals surface area contributed by atoms with Crippen molar-refractivity contribution in [2.24, 2.45) is 5.10 Å². The second-order valence-corrected chi connectivity index (χ2v) is 6.82. The van der Waals surface area contributed by atoms with E-state index in [1.165, 1.54) is 18.3 Å². The maximum absolute atomic E-state index is 12.7. The van der Waals surface area contributed by atoms with Crippen LogP contribution in [0.5, 0.6) is 0 Å². The van der Waals surface area contributed by atoms with Crippen LogP contribution in [0.2, 0.25) is 0 Å². The highest BCUT2D eigenvalue weighted by atomic mass is 19.4. The fourth-order valence-electron chi connectivity index (χ4n) is 2.60. The first-order valence-corrected chi connectivity index (χ1v) is 9.22. The molecule has 0 fully saturated rings. The van der Waals surface area contributed by atoms with E-state index in [0.29, 0.717) is 11.3 Å². The number of carbonyl (C=O) groups is 2. The van der Waals surface area contributed by atoms with Gasteiger partial charge in [-0.2, -0.15) is 18.3 Å². The monoisotopic (exact) mass is 451 g/mol. The zero-order valence-corrected chi connectivity index (χ0v) is 17.1. The van der Waals surface area contributed by atoms with Gasteiger partial charge in [0.15, 0.2) is 0 Å². The van der Waals surface area contributed by atoms with E-state index in [-0.39, 0.29) is 24.2 Å². The van der Waals surface area contributed by atoms with Gasteiger partial charge in [-0.25, -0.2) is 5.43 Å². The SMILES string of the molecule is CN(C)c1ccc(C=NNC(=O)CCC(=O)Nc2cccc(C(F)(F)F)c2)cc1[N+](=O)[O-]. The Morgan fingerprint density at radius 1 is 1.12 bits per heavy atom. The molecule has 0 heterocycles. The number of nitrogens with zero attached hydrogens (tertiary/aromatic N) is 3. The van der Waals surface area contributed by atoms with Gasteiger partial charge in [0.2, 0.25) is 11.8 Å². The lowest BCUT2D eigenvalue weighted by molar-refractivity contribution is -0.384. The van der Waals surface area contributed by atoms with Gasteiger partial charge in [-0.1, -0.05) is 12.1 Å². The number of amides is 2. The first-order valence-electron chi connectivity index (χ1n) is 9.22. The largest absolute Gasteiger partial charge is 0.416 e. The molecule has 32 heavy (non-hydrogen) atoms. The number of halogens is 3. The van der Waals surface area contributed by atoms with Crippen molar-refractivity contribution in [1.29, 1.82) is 0 Å². The molecule has 0 atom stereocenters. The molecule has 0 saturated heterocycles. The summed E-state index contributed by atoms with van der Waals surface area (Å²) in [5, 5.41) is 17.2. The van der Waals surface area contributed by atoms with E-state index in [9.17, 15) is 32.9 Å².